The highest BCUT2D eigenvalue weighted by Gasteiger charge is 1.97. The van der Waals surface area contributed by atoms with Gasteiger partial charge in [0.15, 0.2) is 0 Å². The minimum absolute atomic E-state index is 0.812. The number of benzene rings is 1. The molecule has 0 saturated carbocycles. The van der Waals surface area contributed by atoms with Crippen molar-refractivity contribution in [3.8, 4) is 0 Å². The van der Waals surface area contributed by atoms with Crippen LogP contribution >= 0.6 is 0 Å². The molecule has 0 saturated heterocycles. The summed E-state index contributed by atoms with van der Waals surface area (Å²) in [4.78, 5) is 10.9. The van der Waals surface area contributed by atoms with Crippen molar-refractivity contribution in [3.63, 3.8) is 0 Å². The Labute approximate surface area is 91.8 Å². The first-order chi connectivity index (χ1) is 7.38. The van der Waals surface area contributed by atoms with E-state index in [1.54, 1.807) is 0 Å². The fraction of sp³-hybridized carbons (Fsp3) is 0.357. The highest BCUT2D eigenvalue weighted by atomic mass is 16.1. The summed E-state index contributed by atoms with van der Waals surface area (Å²) in [7, 11) is 0. The van der Waals surface area contributed by atoms with Gasteiger partial charge in [-0.25, -0.2) is 0 Å². The molecule has 0 aliphatic carbocycles. The third-order valence-electron chi connectivity index (χ3n) is 2.41. The van der Waals surface area contributed by atoms with E-state index in [4.69, 9.17) is 0 Å². The van der Waals surface area contributed by atoms with Gasteiger partial charge in [0, 0.05) is 5.57 Å². The van der Waals surface area contributed by atoms with E-state index < -0.39 is 0 Å². The second-order valence-electron chi connectivity index (χ2n) is 3.64. The monoisotopic (exact) mass is 202 g/mol. The molecule has 0 N–H and O–H groups in total. The number of hydrogen-bond acceptors (Lipinski definition) is 1. The molecule has 0 fully saturated rings. The van der Waals surface area contributed by atoms with Crippen molar-refractivity contribution >= 4 is 11.9 Å². The molecule has 0 aliphatic heterocycles. The first kappa shape index (κ1) is 11.7. The van der Waals surface area contributed by atoms with Crippen molar-refractivity contribution in [1.82, 2.24) is 0 Å². The standard InChI is InChI=1S/C14H18O/c1-2-3-4-6-11-14(12-15)13-9-7-5-8-10-13/h5,7-12H,2-4,6H2,1H3/b14-11+. The van der Waals surface area contributed by atoms with E-state index in [1.165, 1.54) is 19.3 Å². The molecule has 0 spiro atoms. The summed E-state index contributed by atoms with van der Waals surface area (Å²) in [6, 6.07) is 9.82. The number of carbonyl (C=O) groups is 1. The van der Waals surface area contributed by atoms with Crippen molar-refractivity contribution in [3.05, 3.63) is 42.0 Å². The maximum absolute atomic E-state index is 10.9. The van der Waals surface area contributed by atoms with E-state index in [-0.39, 0.29) is 0 Å². The Morgan fingerprint density at radius 3 is 2.53 bits per heavy atom. The van der Waals surface area contributed by atoms with Crippen LogP contribution in [0.2, 0.25) is 0 Å². The predicted molar refractivity (Wildman–Crippen MR) is 64.6 cm³/mol. The molecule has 0 heterocycles. The molecular weight excluding hydrogens is 184 g/mol. The number of carbonyl (C=O) groups excluding carboxylic acids is 1. The molecule has 0 aliphatic rings. The van der Waals surface area contributed by atoms with Crippen molar-refractivity contribution in [2.75, 3.05) is 0 Å². The smallest absolute Gasteiger partial charge is 0.150 e. The van der Waals surface area contributed by atoms with Gasteiger partial charge in [0.1, 0.15) is 6.29 Å². The van der Waals surface area contributed by atoms with Crippen molar-refractivity contribution < 1.29 is 4.79 Å². The van der Waals surface area contributed by atoms with Gasteiger partial charge in [-0.3, -0.25) is 4.79 Å². The molecule has 1 nitrogen and oxygen atoms in total. The maximum Gasteiger partial charge on any atom is 0.150 e. The maximum atomic E-state index is 10.9. The summed E-state index contributed by atoms with van der Waals surface area (Å²) in [5.74, 6) is 0. The van der Waals surface area contributed by atoms with Crippen LogP contribution < -0.4 is 0 Å². The lowest BCUT2D eigenvalue weighted by Gasteiger charge is -1.99. The van der Waals surface area contributed by atoms with Crippen molar-refractivity contribution in [2.45, 2.75) is 32.6 Å². The number of rotatable bonds is 6. The van der Waals surface area contributed by atoms with Crippen LogP contribution in [-0.4, -0.2) is 6.29 Å². The van der Waals surface area contributed by atoms with Gasteiger partial charge in [-0.15, -0.1) is 0 Å². The average Bonchev–Trinajstić information content (AvgIpc) is 2.30. The van der Waals surface area contributed by atoms with Gasteiger partial charge in [-0.05, 0) is 18.4 Å². The molecule has 0 bridgehead atoms. The number of hydrogen-bond donors (Lipinski definition) is 0. The molecule has 0 aromatic heterocycles. The molecule has 0 radical (unpaired) electrons. The zero-order valence-corrected chi connectivity index (χ0v) is 9.28. The van der Waals surface area contributed by atoms with Crippen LogP contribution in [0, 0.1) is 0 Å². The van der Waals surface area contributed by atoms with E-state index in [1.807, 2.05) is 36.4 Å². The fourth-order valence-electron chi connectivity index (χ4n) is 1.52. The average molecular weight is 202 g/mol. The van der Waals surface area contributed by atoms with E-state index in [0.717, 1.165) is 23.8 Å². The summed E-state index contributed by atoms with van der Waals surface area (Å²) in [6.07, 6.45) is 7.60. The second-order valence-corrected chi connectivity index (χ2v) is 3.64. The van der Waals surface area contributed by atoms with Gasteiger partial charge in [0.05, 0.1) is 0 Å². The summed E-state index contributed by atoms with van der Waals surface area (Å²) < 4.78 is 0. The van der Waals surface area contributed by atoms with Crippen LogP contribution in [0.4, 0.5) is 0 Å². The predicted octanol–water partition coefficient (Wildman–Crippen LogP) is 3.85. The first-order valence-electron chi connectivity index (χ1n) is 5.59. The SMILES string of the molecule is CCCCC/C=C(\C=O)c1ccccc1. The van der Waals surface area contributed by atoms with Gasteiger partial charge in [0.25, 0.3) is 0 Å². The lowest BCUT2D eigenvalue weighted by molar-refractivity contribution is -0.103. The third kappa shape index (κ3) is 4.11. The highest BCUT2D eigenvalue weighted by molar-refractivity contribution is 6.06. The van der Waals surface area contributed by atoms with Crippen LogP contribution in [0.3, 0.4) is 0 Å². The van der Waals surface area contributed by atoms with Crippen molar-refractivity contribution in [1.29, 1.82) is 0 Å². The molecule has 0 amide bonds. The fourth-order valence-corrected chi connectivity index (χ4v) is 1.52. The Kier molecular flexibility index (Phi) is 5.46. The normalized spacial score (nSPS) is 11.4. The molecular formula is C14H18O. The van der Waals surface area contributed by atoms with Crippen LogP contribution in [0.5, 0.6) is 0 Å². The highest BCUT2D eigenvalue weighted by Crippen LogP contribution is 2.13. The zero-order valence-electron chi connectivity index (χ0n) is 9.28. The van der Waals surface area contributed by atoms with Gasteiger partial charge >= 0.3 is 0 Å². The van der Waals surface area contributed by atoms with Crippen molar-refractivity contribution in [2.24, 2.45) is 0 Å². The van der Waals surface area contributed by atoms with Gasteiger partial charge < -0.3 is 0 Å². The molecule has 1 heteroatoms. The van der Waals surface area contributed by atoms with Gasteiger partial charge in [0.2, 0.25) is 0 Å². The Morgan fingerprint density at radius 2 is 1.93 bits per heavy atom. The summed E-state index contributed by atoms with van der Waals surface area (Å²) in [5, 5.41) is 0. The molecule has 1 rings (SSSR count). The Balaban J connectivity index is 2.59. The minimum Gasteiger partial charge on any atom is -0.298 e. The molecule has 0 atom stereocenters. The lowest BCUT2D eigenvalue weighted by Crippen LogP contribution is -1.85. The number of allylic oxidation sites excluding steroid dienone is 2. The van der Waals surface area contributed by atoms with Gasteiger partial charge in [-0.1, -0.05) is 56.2 Å². The largest absolute Gasteiger partial charge is 0.298 e. The molecule has 0 unspecified atom stereocenters. The third-order valence-corrected chi connectivity index (χ3v) is 2.41. The molecule has 15 heavy (non-hydrogen) atoms. The summed E-state index contributed by atoms with van der Waals surface area (Å²) in [6.45, 7) is 2.18. The summed E-state index contributed by atoms with van der Waals surface area (Å²) >= 11 is 0. The van der Waals surface area contributed by atoms with Gasteiger partial charge in [-0.2, -0.15) is 0 Å². The van der Waals surface area contributed by atoms with Crippen LogP contribution in [0.1, 0.15) is 38.2 Å². The zero-order chi connectivity index (χ0) is 10.9. The van der Waals surface area contributed by atoms with E-state index in [9.17, 15) is 4.79 Å². The minimum atomic E-state index is 0.812. The van der Waals surface area contributed by atoms with E-state index >= 15 is 0 Å². The molecule has 1 aromatic rings. The Morgan fingerprint density at radius 1 is 1.20 bits per heavy atom. The first-order valence-corrected chi connectivity index (χ1v) is 5.59. The quantitative estimate of drug-likeness (QED) is 0.389. The van der Waals surface area contributed by atoms with E-state index in [0.29, 0.717) is 0 Å². The molecule has 1 aromatic carbocycles. The second kappa shape index (κ2) is 6.99. The van der Waals surface area contributed by atoms with E-state index in [2.05, 4.69) is 6.92 Å². The molecule has 80 valence electrons. The Bertz CT molecular complexity index is 311. The van der Waals surface area contributed by atoms with Crippen LogP contribution in [-0.2, 0) is 4.79 Å². The van der Waals surface area contributed by atoms with Crippen LogP contribution in [0.15, 0.2) is 36.4 Å². The number of aldehydes is 1. The summed E-state index contributed by atoms with van der Waals surface area (Å²) in [5.41, 5.74) is 1.83. The Hall–Kier alpha value is -1.37. The number of unbranched alkanes of at least 4 members (excludes halogenated alkanes) is 3. The topological polar surface area (TPSA) is 17.1 Å². The van der Waals surface area contributed by atoms with Crippen LogP contribution in [0.25, 0.3) is 5.57 Å². The lowest BCUT2D eigenvalue weighted by atomic mass is 10.0.